The zero-order valence-corrected chi connectivity index (χ0v) is 13.4. The fourth-order valence-corrected chi connectivity index (χ4v) is 2.82. The molecule has 1 fully saturated rings. The molecule has 1 N–H and O–H groups in total. The molecule has 2 amide bonds. The van der Waals surface area contributed by atoms with Crippen molar-refractivity contribution in [1.29, 1.82) is 0 Å². The molecule has 2 heterocycles. The molecule has 6 heteroatoms. The molecular formula is C18H19FN4O. The number of amides is 2. The zero-order chi connectivity index (χ0) is 16.9. The second-order valence-electron chi connectivity index (χ2n) is 5.91. The van der Waals surface area contributed by atoms with E-state index in [4.69, 9.17) is 0 Å². The van der Waals surface area contributed by atoms with E-state index in [9.17, 15) is 9.18 Å². The Morgan fingerprint density at radius 2 is 2.25 bits per heavy atom. The van der Waals surface area contributed by atoms with Gasteiger partial charge in [0.1, 0.15) is 5.82 Å². The van der Waals surface area contributed by atoms with Crippen molar-refractivity contribution >= 4 is 17.9 Å². The van der Waals surface area contributed by atoms with Gasteiger partial charge in [-0.2, -0.15) is 5.10 Å². The van der Waals surface area contributed by atoms with E-state index in [0.717, 1.165) is 12.0 Å². The zero-order valence-electron chi connectivity index (χ0n) is 13.4. The summed E-state index contributed by atoms with van der Waals surface area (Å²) in [5, 5.41) is 10.3. The largest absolute Gasteiger partial charge is 0.324 e. The van der Waals surface area contributed by atoms with Crippen LogP contribution in [-0.4, -0.2) is 34.2 Å². The smallest absolute Gasteiger partial charge is 0.323 e. The van der Waals surface area contributed by atoms with Crippen LogP contribution in [-0.2, 0) is 0 Å². The predicted molar refractivity (Wildman–Crippen MR) is 90.8 cm³/mol. The Hall–Kier alpha value is -2.76. The summed E-state index contributed by atoms with van der Waals surface area (Å²) in [5.74, 6) is 0.420. The van der Waals surface area contributed by atoms with Crippen molar-refractivity contribution in [3.8, 4) is 0 Å². The summed E-state index contributed by atoms with van der Waals surface area (Å²) in [4.78, 5) is 14.1. The topological polar surface area (TPSA) is 58.1 Å². The van der Waals surface area contributed by atoms with Gasteiger partial charge in [-0.1, -0.05) is 30.7 Å². The average Bonchev–Trinajstić information content (AvgIpc) is 2.57. The lowest BCUT2D eigenvalue weighted by Gasteiger charge is -2.33. The molecular weight excluding hydrogens is 307 g/mol. The van der Waals surface area contributed by atoms with E-state index in [1.54, 1.807) is 29.3 Å². The normalized spacial score (nSPS) is 19.3. The summed E-state index contributed by atoms with van der Waals surface area (Å²) < 4.78 is 13.3. The molecule has 0 bridgehead atoms. The summed E-state index contributed by atoms with van der Waals surface area (Å²) in [7, 11) is 0. The van der Waals surface area contributed by atoms with Crippen molar-refractivity contribution in [2.45, 2.75) is 13.3 Å². The van der Waals surface area contributed by atoms with E-state index < -0.39 is 0 Å². The Labute approximate surface area is 140 Å². The summed E-state index contributed by atoms with van der Waals surface area (Å²) in [6.45, 7) is 3.32. The Morgan fingerprint density at radius 3 is 2.96 bits per heavy atom. The van der Waals surface area contributed by atoms with Crippen molar-refractivity contribution in [3.63, 3.8) is 0 Å². The molecule has 1 aliphatic heterocycles. The highest BCUT2D eigenvalue weighted by molar-refractivity contribution is 5.88. The van der Waals surface area contributed by atoms with Crippen LogP contribution in [0.15, 0.2) is 48.2 Å². The third-order valence-electron chi connectivity index (χ3n) is 4.09. The van der Waals surface area contributed by atoms with Gasteiger partial charge in [0, 0.05) is 19.3 Å². The fraction of sp³-hybridized carbons (Fsp3) is 0.278. The highest BCUT2D eigenvalue weighted by Gasteiger charge is 2.24. The molecule has 2 aromatic rings. The standard InChI is InChI=1S/C18H19FN4O/c1-13-12-23(18(24)21-17-6-3-8-20-22-17)9-7-15(13)10-14-4-2-5-16(19)11-14/h2-6,8,10-11,13H,7,9,12H2,1H3,(H,21,22,24). The lowest BCUT2D eigenvalue weighted by Crippen LogP contribution is -2.42. The fourth-order valence-electron chi connectivity index (χ4n) is 2.82. The number of likely N-dealkylation sites (tertiary alicyclic amines) is 1. The molecule has 1 unspecified atom stereocenters. The first-order valence-corrected chi connectivity index (χ1v) is 7.91. The first-order chi connectivity index (χ1) is 11.6. The van der Waals surface area contributed by atoms with Crippen LogP contribution < -0.4 is 5.32 Å². The van der Waals surface area contributed by atoms with Crippen LogP contribution >= 0.6 is 0 Å². The van der Waals surface area contributed by atoms with E-state index >= 15 is 0 Å². The Kier molecular flexibility index (Phi) is 4.84. The van der Waals surface area contributed by atoms with E-state index in [1.165, 1.54) is 17.7 Å². The van der Waals surface area contributed by atoms with Gasteiger partial charge in [0.2, 0.25) is 0 Å². The van der Waals surface area contributed by atoms with Crippen LogP contribution in [0.4, 0.5) is 15.0 Å². The molecule has 1 saturated heterocycles. The van der Waals surface area contributed by atoms with Crippen molar-refractivity contribution in [2.75, 3.05) is 18.4 Å². The maximum Gasteiger partial charge on any atom is 0.323 e. The van der Waals surface area contributed by atoms with Gasteiger partial charge in [0.15, 0.2) is 5.82 Å². The van der Waals surface area contributed by atoms with Gasteiger partial charge in [0.25, 0.3) is 0 Å². The molecule has 0 saturated carbocycles. The van der Waals surface area contributed by atoms with E-state index in [1.807, 2.05) is 12.1 Å². The summed E-state index contributed by atoms with van der Waals surface area (Å²) >= 11 is 0. The predicted octanol–water partition coefficient (Wildman–Crippen LogP) is 3.57. The monoisotopic (exact) mass is 326 g/mol. The molecule has 0 spiro atoms. The van der Waals surface area contributed by atoms with Crippen molar-refractivity contribution < 1.29 is 9.18 Å². The first-order valence-electron chi connectivity index (χ1n) is 7.91. The van der Waals surface area contributed by atoms with Crippen LogP contribution in [0.5, 0.6) is 0 Å². The summed E-state index contributed by atoms with van der Waals surface area (Å²) in [6, 6.07) is 9.80. The lowest BCUT2D eigenvalue weighted by atomic mass is 9.91. The molecule has 24 heavy (non-hydrogen) atoms. The number of benzene rings is 1. The van der Waals surface area contributed by atoms with Crippen LogP contribution in [0.3, 0.4) is 0 Å². The number of hydrogen-bond acceptors (Lipinski definition) is 3. The van der Waals surface area contributed by atoms with Gasteiger partial charge in [-0.15, -0.1) is 5.10 Å². The van der Waals surface area contributed by atoms with Gasteiger partial charge < -0.3 is 4.90 Å². The summed E-state index contributed by atoms with van der Waals surface area (Å²) in [5.41, 5.74) is 2.08. The third kappa shape index (κ3) is 3.95. The van der Waals surface area contributed by atoms with Crippen LogP contribution in [0.2, 0.25) is 0 Å². The number of piperidine rings is 1. The van der Waals surface area contributed by atoms with Crippen molar-refractivity contribution in [2.24, 2.45) is 5.92 Å². The van der Waals surface area contributed by atoms with E-state index in [2.05, 4.69) is 22.4 Å². The van der Waals surface area contributed by atoms with Gasteiger partial charge in [-0.25, -0.2) is 9.18 Å². The molecule has 124 valence electrons. The van der Waals surface area contributed by atoms with Crippen LogP contribution in [0.1, 0.15) is 18.9 Å². The highest BCUT2D eigenvalue weighted by atomic mass is 19.1. The van der Waals surface area contributed by atoms with Crippen LogP contribution in [0.25, 0.3) is 6.08 Å². The number of nitrogens with one attached hydrogen (secondary N) is 1. The first kappa shape index (κ1) is 16.1. The van der Waals surface area contributed by atoms with E-state index in [0.29, 0.717) is 18.9 Å². The SMILES string of the molecule is CC1CN(C(=O)Nc2cccnn2)CCC1=Cc1cccc(F)c1. The molecule has 1 aromatic heterocycles. The Morgan fingerprint density at radius 1 is 1.38 bits per heavy atom. The number of rotatable bonds is 2. The molecule has 1 aliphatic rings. The minimum atomic E-state index is -0.238. The van der Waals surface area contributed by atoms with Crippen molar-refractivity contribution in [3.05, 3.63) is 59.5 Å². The Bertz CT molecular complexity index is 748. The number of halogens is 1. The number of anilines is 1. The second-order valence-corrected chi connectivity index (χ2v) is 5.91. The molecule has 1 atom stereocenters. The second kappa shape index (κ2) is 7.21. The number of aromatic nitrogens is 2. The number of carbonyl (C=O) groups is 1. The molecule has 1 aromatic carbocycles. The molecule has 0 radical (unpaired) electrons. The van der Waals surface area contributed by atoms with Crippen molar-refractivity contribution in [1.82, 2.24) is 15.1 Å². The van der Waals surface area contributed by atoms with Crippen LogP contribution in [0, 0.1) is 11.7 Å². The maximum atomic E-state index is 13.3. The lowest BCUT2D eigenvalue weighted by molar-refractivity contribution is 0.197. The number of carbonyl (C=O) groups excluding carboxylic acids is 1. The average molecular weight is 326 g/mol. The summed E-state index contributed by atoms with van der Waals surface area (Å²) in [6.07, 6.45) is 4.35. The third-order valence-corrected chi connectivity index (χ3v) is 4.09. The molecule has 5 nitrogen and oxygen atoms in total. The minimum absolute atomic E-state index is 0.174. The quantitative estimate of drug-likeness (QED) is 0.918. The molecule has 0 aliphatic carbocycles. The van der Waals surface area contributed by atoms with Gasteiger partial charge in [-0.3, -0.25) is 5.32 Å². The van der Waals surface area contributed by atoms with Gasteiger partial charge in [-0.05, 0) is 42.2 Å². The van der Waals surface area contributed by atoms with Gasteiger partial charge >= 0.3 is 6.03 Å². The number of nitrogens with zero attached hydrogens (tertiary/aromatic N) is 3. The van der Waals surface area contributed by atoms with Gasteiger partial charge in [0.05, 0.1) is 0 Å². The molecule has 3 rings (SSSR count). The maximum absolute atomic E-state index is 13.3. The van der Waals surface area contributed by atoms with E-state index in [-0.39, 0.29) is 17.8 Å². The minimum Gasteiger partial charge on any atom is -0.324 e. The highest BCUT2D eigenvalue weighted by Crippen LogP contribution is 2.25. The Balaban J connectivity index is 1.63. The number of urea groups is 1. The number of hydrogen-bond donors (Lipinski definition) is 1.